The molecular formula is C29H40N2O5. The van der Waals surface area contributed by atoms with E-state index in [4.69, 9.17) is 9.84 Å². The molecule has 1 atom stereocenters. The zero-order valence-electron chi connectivity index (χ0n) is 21.8. The average molecular weight is 497 g/mol. The number of pyridine rings is 1. The number of carbonyl (C=O) groups is 3. The van der Waals surface area contributed by atoms with Gasteiger partial charge in [0.1, 0.15) is 12.2 Å². The van der Waals surface area contributed by atoms with E-state index in [9.17, 15) is 14.4 Å². The Morgan fingerprint density at radius 2 is 1.67 bits per heavy atom. The molecule has 7 nitrogen and oxygen atoms in total. The van der Waals surface area contributed by atoms with Crippen LogP contribution in [0.5, 0.6) is 0 Å². The number of nitrogens with one attached hydrogen (secondary N) is 1. The van der Waals surface area contributed by atoms with Gasteiger partial charge in [-0.1, -0.05) is 43.2 Å². The van der Waals surface area contributed by atoms with E-state index in [2.05, 4.69) is 10.3 Å². The van der Waals surface area contributed by atoms with Gasteiger partial charge in [0, 0.05) is 19.0 Å². The summed E-state index contributed by atoms with van der Waals surface area (Å²) in [5.74, 6) is -0.698. The van der Waals surface area contributed by atoms with Crippen molar-refractivity contribution in [1.82, 2.24) is 4.98 Å². The first-order valence-electron chi connectivity index (χ1n) is 12.8. The molecule has 2 rings (SSSR count). The quantitative estimate of drug-likeness (QED) is 0.264. The van der Waals surface area contributed by atoms with Gasteiger partial charge in [0.25, 0.3) is 0 Å². The van der Waals surface area contributed by atoms with Crippen molar-refractivity contribution in [2.75, 3.05) is 11.9 Å². The van der Waals surface area contributed by atoms with E-state index >= 15 is 0 Å². The zero-order chi connectivity index (χ0) is 26.4. The molecule has 0 aliphatic rings. The number of unbranched alkanes of at least 4 members (excludes halogenated alkanes) is 3. The van der Waals surface area contributed by atoms with Gasteiger partial charge in [-0.2, -0.15) is 0 Å². The molecule has 196 valence electrons. The maximum Gasteiger partial charge on any atom is 0.309 e. The standard InChI is InChI=1S/C29H40N2O5/c1-29(2,3)36-28(35)24(17-22-11-7-6-8-12-22)16-15-23-18-25(20-30-19-23)31-27(34)14-10-5-4-9-13-26(33)21-32/h6-8,11-12,18-20,24,32H,4-5,9-10,13-17,21H2,1-3H3,(H,31,34)/t24-/m0/s1. The number of aryl methyl sites for hydroxylation is 1. The van der Waals surface area contributed by atoms with Crippen LogP contribution in [0.25, 0.3) is 0 Å². The fourth-order valence-electron chi connectivity index (χ4n) is 3.88. The molecule has 2 aromatic rings. The topological polar surface area (TPSA) is 106 Å². The van der Waals surface area contributed by atoms with Gasteiger partial charge < -0.3 is 15.2 Å². The number of carbonyl (C=O) groups excluding carboxylic acids is 3. The number of esters is 1. The number of anilines is 1. The highest BCUT2D eigenvalue weighted by molar-refractivity contribution is 5.90. The monoisotopic (exact) mass is 496 g/mol. The van der Waals surface area contributed by atoms with Crippen molar-refractivity contribution in [3.8, 4) is 0 Å². The third kappa shape index (κ3) is 12.1. The van der Waals surface area contributed by atoms with Crippen molar-refractivity contribution >= 4 is 23.3 Å². The Morgan fingerprint density at radius 3 is 2.33 bits per heavy atom. The number of Topliss-reactive ketones (excluding diaryl/α,β-unsaturated/α-hetero) is 1. The molecule has 1 heterocycles. The van der Waals surface area contributed by atoms with Gasteiger partial charge in [0.05, 0.1) is 17.8 Å². The van der Waals surface area contributed by atoms with Gasteiger partial charge in [0.2, 0.25) is 5.91 Å². The fraction of sp³-hybridized carbons (Fsp3) is 0.517. The molecule has 1 aromatic carbocycles. The zero-order valence-corrected chi connectivity index (χ0v) is 21.8. The van der Waals surface area contributed by atoms with Crippen molar-refractivity contribution in [1.29, 1.82) is 0 Å². The van der Waals surface area contributed by atoms with Crippen LogP contribution >= 0.6 is 0 Å². The first-order chi connectivity index (χ1) is 17.2. The van der Waals surface area contributed by atoms with E-state index in [0.717, 1.165) is 36.8 Å². The van der Waals surface area contributed by atoms with Gasteiger partial charge in [-0.05, 0) is 70.1 Å². The van der Waals surface area contributed by atoms with Crippen LogP contribution in [0.1, 0.15) is 76.8 Å². The lowest BCUT2D eigenvalue weighted by Crippen LogP contribution is -2.30. The predicted molar refractivity (Wildman–Crippen MR) is 140 cm³/mol. The summed E-state index contributed by atoms with van der Waals surface area (Å²) in [6.45, 7) is 5.22. The van der Waals surface area contributed by atoms with Crippen LogP contribution < -0.4 is 5.32 Å². The Morgan fingerprint density at radius 1 is 0.972 bits per heavy atom. The number of aliphatic hydroxyl groups excluding tert-OH is 1. The molecule has 0 bridgehead atoms. The van der Waals surface area contributed by atoms with Crippen LogP contribution in [0.2, 0.25) is 0 Å². The molecule has 2 N–H and O–H groups in total. The second-order valence-corrected chi connectivity index (χ2v) is 10.2. The summed E-state index contributed by atoms with van der Waals surface area (Å²) in [4.78, 5) is 40.6. The minimum absolute atomic E-state index is 0.0731. The number of nitrogens with zero attached hydrogens (tertiary/aromatic N) is 1. The van der Waals surface area contributed by atoms with Gasteiger partial charge in [0.15, 0.2) is 5.78 Å². The minimum Gasteiger partial charge on any atom is -0.460 e. The number of amides is 1. The Hall–Kier alpha value is -3.06. The molecule has 0 aliphatic heterocycles. The van der Waals surface area contributed by atoms with Crippen molar-refractivity contribution in [3.05, 3.63) is 59.9 Å². The maximum absolute atomic E-state index is 12.9. The molecule has 0 spiro atoms. The lowest BCUT2D eigenvalue weighted by atomic mass is 9.93. The number of aliphatic hydroxyl groups is 1. The molecule has 1 amide bonds. The maximum atomic E-state index is 12.9. The number of aromatic nitrogens is 1. The largest absolute Gasteiger partial charge is 0.460 e. The normalized spacial score (nSPS) is 12.1. The summed E-state index contributed by atoms with van der Waals surface area (Å²) in [5.41, 5.74) is 2.13. The van der Waals surface area contributed by atoms with Gasteiger partial charge in [-0.15, -0.1) is 0 Å². The lowest BCUT2D eigenvalue weighted by Gasteiger charge is -2.24. The number of benzene rings is 1. The highest BCUT2D eigenvalue weighted by Gasteiger charge is 2.25. The van der Waals surface area contributed by atoms with E-state index < -0.39 is 12.2 Å². The molecule has 0 fully saturated rings. The highest BCUT2D eigenvalue weighted by Crippen LogP contribution is 2.21. The average Bonchev–Trinajstić information content (AvgIpc) is 2.83. The Kier molecular flexibility index (Phi) is 12.3. The fourth-order valence-corrected chi connectivity index (χ4v) is 3.88. The van der Waals surface area contributed by atoms with Crippen LogP contribution in [0.3, 0.4) is 0 Å². The third-order valence-electron chi connectivity index (χ3n) is 5.71. The van der Waals surface area contributed by atoms with Gasteiger partial charge >= 0.3 is 5.97 Å². The van der Waals surface area contributed by atoms with E-state index in [1.807, 2.05) is 57.2 Å². The summed E-state index contributed by atoms with van der Waals surface area (Å²) < 4.78 is 5.68. The molecule has 0 saturated carbocycles. The smallest absolute Gasteiger partial charge is 0.309 e. The SMILES string of the molecule is CC(C)(C)OC(=O)[C@@H](CCc1cncc(NC(=O)CCCCCCC(=O)CO)c1)Cc1ccccc1. The minimum atomic E-state index is -0.547. The Labute approximate surface area is 214 Å². The third-order valence-corrected chi connectivity index (χ3v) is 5.71. The Bertz CT molecular complexity index is 969. The molecule has 0 unspecified atom stereocenters. The summed E-state index contributed by atoms with van der Waals surface area (Å²) in [5, 5.41) is 11.6. The molecule has 0 aliphatic carbocycles. The number of hydrogen-bond acceptors (Lipinski definition) is 6. The summed E-state index contributed by atoms with van der Waals surface area (Å²) in [7, 11) is 0. The first kappa shape index (κ1) is 29.2. The van der Waals surface area contributed by atoms with Gasteiger partial charge in [-0.3, -0.25) is 19.4 Å². The van der Waals surface area contributed by atoms with E-state index in [-0.39, 0.29) is 23.6 Å². The van der Waals surface area contributed by atoms with Crippen molar-refractivity contribution in [2.45, 2.75) is 84.2 Å². The second-order valence-electron chi connectivity index (χ2n) is 10.2. The molecule has 7 heteroatoms. The predicted octanol–water partition coefficient (Wildman–Crippen LogP) is 5.06. The summed E-state index contributed by atoms with van der Waals surface area (Å²) in [6.07, 6.45) is 9.22. The number of rotatable bonds is 15. The van der Waals surface area contributed by atoms with Crippen molar-refractivity contribution in [2.24, 2.45) is 5.92 Å². The molecule has 0 radical (unpaired) electrons. The molecule has 1 aromatic heterocycles. The number of ether oxygens (including phenoxy) is 1. The van der Waals surface area contributed by atoms with Crippen LogP contribution in [0.4, 0.5) is 5.69 Å². The summed E-state index contributed by atoms with van der Waals surface area (Å²) in [6, 6.07) is 11.8. The Balaban J connectivity index is 1.86. The van der Waals surface area contributed by atoms with Crippen molar-refractivity contribution < 1.29 is 24.2 Å². The van der Waals surface area contributed by atoms with E-state index in [1.54, 1.807) is 12.4 Å². The highest BCUT2D eigenvalue weighted by atomic mass is 16.6. The summed E-state index contributed by atoms with van der Waals surface area (Å²) >= 11 is 0. The van der Waals surface area contributed by atoms with Crippen molar-refractivity contribution in [3.63, 3.8) is 0 Å². The molecule has 36 heavy (non-hydrogen) atoms. The molecule has 0 saturated heterocycles. The first-order valence-corrected chi connectivity index (χ1v) is 12.8. The van der Waals surface area contributed by atoms with Crippen LogP contribution in [-0.4, -0.2) is 40.0 Å². The van der Waals surface area contributed by atoms with E-state index in [0.29, 0.717) is 37.8 Å². The van der Waals surface area contributed by atoms with Crippen LogP contribution in [0.15, 0.2) is 48.8 Å². The number of ketones is 1. The molecular weight excluding hydrogens is 456 g/mol. The van der Waals surface area contributed by atoms with Crippen LogP contribution in [-0.2, 0) is 32.0 Å². The van der Waals surface area contributed by atoms with Crippen LogP contribution in [0, 0.1) is 5.92 Å². The van der Waals surface area contributed by atoms with E-state index in [1.165, 1.54) is 0 Å². The second kappa shape index (κ2) is 15.1. The van der Waals surface area contributed by atoms with Gasteiger partial charge in [-0.25, -0.2) is 0 Å². The number of hydrogen-bond donors (Lipinski definition) is 2. The lowest BCUT2D eigenvalue weighted by molar-refractivity contribution is -0.160.